The number of carbonyl (C=O) groups is 1. The smallest absolute Gasteiger partial charge is 0.264 e. The van der Waals surface area contributed by atoms with Gasteiger partial charge < -0.3 is 36.1 Å². The summed E-state index contributed by atoms with van der Waals surface area (Å²) in [6.07, 6.45) is 2.67. The molecular formula is C24H29BN10O5. The number of nitrogen functional groups attached to an aromatic ring is 1. The van der Waals surface area contributed by atoms with Crippen LogP contribution in [0.3, 0.4) is 0 Å². The van der Waals surface area contributed by atoms with E-state index in [9.17, 15) is 20.1 Å². The zero-order valence-electron chi connectivity index (χ0n) is 22.3. The lowest BCUT2D eigenvalue weighted by Gasteiger charge is -2.51. The van der Waals surface area contributed by atoms with Crippen LogP contribution in [0, 0.1) is 18.3 Å². The number of nitriles is 1. The number of β-amino-alcohol motifs (C(OH)–C–C–N with tert-alkyl or cyclic N) is 3. The van der Waals surface area contributed by atoms with Gasteiger partial charge in [-0.15, -0.1) is 0 Å². The number of nitrogens with one attached hydrogen (secondary N) is 3. The molecule has 1 amide bonds. The molecule has 16 heteroatoms. The Morgan fingerprint density at radius 2 is 1.98 bits per heavy atom. The second-order valence-electron chi connectivity index (χ2n) is 9.54. The van der Waals surface area contributed by atoms with E-state index in [4.69, 9.17) is 15.8 Å². The molecule has 15 nitrogen and oxygen atoms in total. The van der Waals surface area contributed by atoms with Gasteiger partial charge in [0.05, 0.1) is 24.0 Å². The molecule has 3 aromatic rings. The van der Waals surface area contributed by atoms with Crippen LogP contribution in [0.15, 0.2) is 36.7 Å². The monoisotopic (exact) mass is 548 g/mol. The van der Waals surface area contributed by atoms with E-state index in [1.165, 1.54) is 37.3 Å². The van der Waals surface area contributed by atoms with Gasteiger partial charge in [0.25, 0.3) is 11.8 Å². The Bertz CT molecular complexity index is 1440. The summed E-state index contributed by atoms with van der Waals surface area (Å²) >= 11 is 0. The number of likely N-dealkylation sites (N-methyl/N-ethyl adjacent to an activating group) is 1. The number of amides is 1. The molecule has 1 saturated heterocycles. The number of pyridine rings is 3. The van der Waals surface area contributed by atoms with Crippen LogP contribution in [0.2, 0.25) is 0 Å². The minimum absolute atomic E-state index is 0.0157. The quantitative estimate of drug-likeness (QED) is 0.0834. The molecule has 4 heterocycles. The summed E-state index contributed by atoms with van der Waals surface area (Å²) in [4.78, 5) is 28.0. The number of hydrogen-bond donors (Lipinski definition) is 7. The van der Waals surface area contributed by atoms with Crippen LogP contribution in [0.25, 0.3) is 0 Å². The molecule has 4 rings (SSSR count). The Balaban J connectivity index is 1.60. The minimum Gasteiger partial charge on any atom is -0.437 e. The average Bonchev–Trinajstić information content (AvgIpc) is 2.88. The van der Waals surface area contributed by atoms with Crippen molar-refractivity contribution in [3.8, 4) is 17.7 Å². The van der Waals surface area contributed by atoms with Crippen molar-refractivity contribution in [2.45, 2.75) is 18.5 Å². The van der Waals surface area contributed by atoms with Gasteiger partial charge in [0.1, 0.15) is 28.9 Å². The standard InChI is InChI=1S/C24H29BN10O5/c1-13-6-15(8-26)29-10-17(13)40-19-7-16(20(33-27)21(28-2)32-19)31-18-5-4-14(9-30-18)22(36)35-23(25,37)11-34(3)12-24(35,38)39/h4-7,9-10,33,37-39H,11-12,25,27H2,1-3H3,(H2,28,30,31,32). The number of hydrazine groups is 1. The van der Waals surface area contributed by atoms with Crippen molar-refractivity contribution < 1.29 is 24.9 Å². The van der Waals surface area contributed by atoms with Crippen LogP contribution < -0.4 is 26.6 Å². The largest absolute Gasteiger partial charge is 0.437 e. The molecule has 0 radical (unpaired) electrons. The Labute approximate surface area is 230 Å². The predicted molar refractivity (Wildman–Crippen MR) is 147 cm³/mol. The summed E-state index contributed by atoms with van der Waals surface area (Å²) in [5, 5.41) is 46.8. The SMILES string of the molecule is BC1(O)CN(C)CC(O)(O)N1C(=O)c1ccc(Nc2cc(Oc3cnc(C#N)cc3C)nc(NC)c2NN)nc1. The first kappa shape index (κ1) is 28.5. The molecular weight excluding hydrogens is 519 g/mol. The highest BCUT2D eigenvalue weighted by Gasteiger charge is 2.51. The molecule has 0 aliphatic carbocycles. The first-order valence-corrected chi connectivity index (χ1v) is 12.1. The van der Waals surface area contributed by atoms with Gasteiger partial charge in [0.2, 0.25) is 5.88 Å². The number of aliphatic hydroxyl groups is 3. The summed E-state index contributed by atoms with van der Waals surface area (Å²) < 4.78 is 5.92. The molecule has 1 aliphatic rings. The van der Waals surface area contributed by atoms with Crippen LogP contribution in [-0.2, 0) is 0 Å². The van der Waals surface area contributed by atoms with Crippen molar-refractivity contribution in [1.82, 2.24) is 24.8 Å². The maximum absolute atomic E-state index is 13.2. The lowest BCUT2D eigenvalue weighted by molar-refractivity contribution is -0.314. The fraction of sp³-hybridized carbons (Fsp3) is 0.292. The third-order valence-electron chi connectivity index (χ3n) is 6.14. The molecule has 0 spiro atoms. The van der Waals surface area contributed by atoms with E-state index in [2.05, 4.69) is 31.0 Å². The third-order valence-corrected chi connectivity index (χ3v) is 6.14. The van der Waals surface area contributed by atoms with E-state index in [1.807, 2.05) is 6.07 Å². The number of hydrogen-bond acceptors (Lipinski definition) is 14. The number of nitrogens with zero attached hydrogens (tertiary/aromatic N) is 6. The van der Waals surface area contributed by atoms with Gasteiger partial charge in [-0.05, 0) is 37.7 Å². The fourth-order valence-corrected chi connectivity index (χ4v) is 4.52. The molecule has 1 atom stereocenters. The Hall–Kier alpha value is -4.53. The number of nitrogens with two attached hydrogens (primary N) is 1. The second kappa shape index (κ2) is 10.9. The summed E-state index contributed by atoms with van der Waals surface area (Å²) in [5.41, 5.74) is 2.53. The van der Waals surface area contributed by atoms with Crippen LogP contribution in [0.5, 0.6) is 11.6 Å². The Morgan fingerprint density at radius 1 is 1.23 bits per heavy atom. The van der Waals surface area contributed by atoms with Gasteiger partial charge in [-0.25, -0.2) is 9.97 Å². The molecule has 1 fully saturated rings. The molecule has 1 unspecified atom stereocenters. The summed E-state index contributed by atoms with van der Waals surface area (Å²) in [6.45, 7) is 1.52. The van der Waals surface area contributed by atoms with Gasteiger partial charge in [-0.1, -0.05) is 0 Å². The van der Waals surface area contributed by atoms with Crippen molar-refractivity contribution in [3.63, 3.8) is 0 Å². The molecule has 0 bridgehead atoms. The highest BCUT2D eigenvalue weighted by atomic mass is 16.5. The van der Waals surface area contributed by atoms with Crippen molar-refractivity contribution in [2.75, 3.05) is 43.2 Å². The van der Waals surface area contributed by atoms with Gasteiger partial charge in [-0.3, -0.25) is 20.4 Å². The fourth-order valence-electron chi connectivity index (χ4n) is 4.52. The van der Waals surface area contributed by atoms with E-state index >= 15 is 0 Å². The van der Waals surface area contributed by atoms with Crippen molar-refractivity contribution in [2.24, 2.45) is 5.84 Å². The zero-order chi connectivity index (χ0) is 29.2. The molecule has 208 valence electrons. The van der Waals surface area contributed by atoms with E-state index in [0.717, 1.165) is 0 Å². The van der Waals surface area contributed by atoms with E-state index in [0.29, 0.717) is 39.2 Å². The highest BCUT2D eigenvalue weighted by Crippen LogP contribution is 2.36. The number of ether oxygens (including phenoxy) is 1. The predicted octanol–water partition coefficient (Wildman–Crippen LogP) is -0.780. The highest BCUT2D eigenvalue weighted by molar-refractivity contribution is 6.16. The number of aromatic nitrogens is 3. The third kappa shape index (κ3) is 5.73. The van der Waals surface area contributed by atoms with E-state index in [-0.39, 0.29) is 30.2 Å². The maximum atomic E-state index is 13.2. The first-order valence-electron chi connectivity index (χ1n) is 12.1. The van der Waals surface area contributed by atoms with E-state index in [1.54, 1.807) is 33.2 Å². The number of aryl methyl sites for hydroxylation is 1. The van der Waals surface area contributed by atoms with Crippen LogP contribution >= 0.6 is 0 Å². The molecule has 40 heavy (non-hydrogen) atoms. The molecule has 0 aromatic carbocycles. The molecule has 0 saturated carbocycles. The Morgan fingerprint density at radius 3 is 2.55 bits per heavy atom. The van der Waals surface area contributed by atoms with Gasteiger partial charge in [0.15, 0.2) is 19.4 Å². The number of piperazine rings is 1. The lowest BCUT2D eigenvalue weighted by atomic mass is 9.85. The summed E-state index contributed by atoms with van der Waals surface area (Å²) in [6, 6.07) is 8.07. The number of rotatable bonds is 7. The van der Waals surface area contributed by atoms with Gasteiger partial charge >= 0.3 is 0 Å². The van der Waals surface area contributed by atoms with Crippen molar-refractivity contribution in [3.05, 3.63) is 53.5 Å². The van der Waals surface area contributed by atoms with Crippen LogP contribution in [0.1, 0.15) is 21.6 Å². The zero-order valence-corrected chi connectivity index (χ0v) is 22.3. The Kier molecular flexibility index (Phi) is 7.78. The minimum atomic E-state index is -2.59. The van der Waals surface area contributed by atoms with Crippen LogP contribution in [-0.4, -0.2) is 92.5 Å². The average molecular weight is 548 g/mol. The van der Waals surface area contributed by atoms with Crippen molar-refractivity contribution >= 4 is 36.8 Å². The number of carbonyl (C=O) groups excluding carboxylic acids is 1. The lowest BCUT2D eigenvalue weighted by Crippen LogP contribution is -2.74. The summed E-state index contributed by atoms with van der Waals surface area (Å²) in [5.74, 6) is 3.60. The molecule has 3 aromatic heterocycles. The number of anilines is 4. The topological polar surface area (TPSA) is 218 Å². The second-order valence-corrected chi connectivity index (χ2v) is 9.54. The summed E-state index contributed by atoms with van der Waals surface area (Å²) in [7, 11) is 4.57. The molecule has 1 aliphatic heterocycles. The van der Waals surface area contributed by atoms with Crippen LogP contribution in [0.4, 0.5) is 23.0 Å². The van der Waals surface area contributed by atoms with Gasteiger partial charge in [0, 0.05) is 25.9 Å². The van der Waals surface area contributed by atoms with E-state index < -0.39 is 17.4 Å². The first-order chi connectivity index (χ1) is 18.9. The normalized spacial score (nSPS) is 18.5. The molecule has 8 N–H and O–H groups in total. The van der Waals surface area contributed by atoms with Gasteiger partial charge in [-0.2, -0.15) is 10.2 Å². The van der Waals surface area contributed by atoms with Crippen molar-refractivity contribution in [1.29, 1.82) is 5.26 Å². The maximum Gasteiger partial charge on any atom is 0.264 e.